The third-order valence-electron chi connectivity index (χ3n) is 3.17. The normalized spacial score (nSPS) is 18.5. The molecule has 1 aromatic heterocycles. The number of rotatable bonds is 3. The minimum atomic E-state index is 0.184. The SMILES string of the molecule is CC(C)(C)c1csc(CCN2CCNCC2)n1. The quantitative estimate of drug-likeness (QED) is 0.891. The largest absolute Gasteiger partial charge is 0.314 e. The fourth-order valence-corrected chi connectivity index (χ4v) is 2.97. The van der Waals surface area contributed by atoms with Gasteiger partial charge in [-0.1, -0.05) is 20.8 Å². The molecule has 1 saturated heterocycles. The predicted molar refractivity (Wildman–Crippen MR) is 73.8 cm³/mol. The standard InChI is InChI=1S/C13H23N3S/c1-13(2,3)11-10-17-12(15-11)4-7-16-8-5-14-6-9-16/h10,14H,4-9H2,1-3H3. The van der Waals surface area contributed by atoms with Crippen molar-refractivity contribution >= 4 is 11.3 Å². The van der Waals surface area contributed by atoms with Crippen LogP contribution in [0.2, 0.25) is 0 Å². The molecule has 4 heteroatoms. The Labute approximate surface area is 108 Å². The van der Waals surface area contributed by atoms with Crippen LogP contribution in [0.15, 0.2) is 5.38 Å². The van der Waals surface area contributed by atoms with Crippen molar-refractivity contribution in [3.05, 3.63) is 16.1 Å². The van der Waals surface area contributed by atoms with Crippen LogP contribution in [-0.2, 0) is 11.8 Å². The topological polar surface area (TPSA) is 28.2 Å². The lowest BCUT2D eigenvalue weighted by Crippen LogP contribution is -2.44. The Morgan fingerprint density at radius 1 is 1.35 bits per heavy atom. The van der Waals surface area contributed by atoms with Gasteiger partial charge in [-0.15, -0.1) is 11.3 Å². The zero-order valence-corrected chi connectivity index (χ0v) is 11.9. The van der Waals surface area contributed by atoms with Crippen molar-refractivity contribution in [1.29, 1.82) is 0 Å². The summed E-state index contributed by atoms with van der Waals surface area (Å²) in [4.78, 5) is 7.26. The molecule has 0 amide bonds. The van der Waals surface area contributed by atoms with Crippen LogP contribution in [0.25, 0.3) is 0 Å². The molecular weight excluding hydrogens is 230 g/mol. The van der Waals surface area contributed by atoms with E-state index in [0.29, 0.717) is 0 Å². The van der Waals surface area contributed by atoms with Crippen LogP contribution in [0, 0.1) is 0 Å². The Morgan fingerprint density at radius 3 is 2.65 bits per heavy atom. The van der Waals surface area contributed by atoms with Gasteiger partial charge in [-0.3, -0.25) is 0 Å². The first-order chi connectivity index (χ1) is 8.05. The van der Waals surface area contributed by atoms with Gasteiger partial charge in [0.1, 0.15) is 0 Å². The molecule has 1 N–H and O–H groups in total. The highest BCUT2D eigenvalue weighted by molar-refractivity contribution is 7.09. The van der Waals surface area contributed by atoms with Gasteiger partial charge >= 0.3 is 0 Å². The molecule has 0 aliphatic carbocycles. The van der Waals surface area contributed by atoms with Gasteiger partial charge in [-0.2, -0.15) is 0 Å². The van der Waals surface area contributed by atoms with Crippen molar-refractivity contribution in [1.82, 2.24) is 15.2 Å². The third-order valence-corrected chi connectivity index (χ3v) is 4.08. The van der Waals surface area contributed by atoms with Gasteiger partial charge in [0.2, 0.25) is 0 Å². The second-order valence-corrected chi connectivity index (χ2v) is 6.66. The fourth-order valence-electron chi connectivity index (χ4n) is 1.96. The summed E-state index contributed by atoms with van der Waals surface area (Å²) in [7, 11) is 0. The number of hydrogen-bond donors (Lipinski definition) is 1. The van der Waals surface area contributed by atoms with Gasteiger partial charge < -0.3 is 10.2 Å². The highest BCUT2D eigenvalue weighted by Crippen LogP contribution is 2.24. The maximum Gasteiger partial charge on any atom is 0.0941 e. The average molecular weight is 253 g/mol. The lowest BCUT2D eigenvalue weighted by molar-refractivity contribution is 0.244. The Balaban J connectivity index is 1.84. The molecule has 2 rings (SSSR count). The molecule has 96 valence electrons. The van der Waals surface area contributed by atoms with Crippen molar-refractivity contribution in [2.75, 3.05) is 32.7 Å². The molecular formula is C13H23N3S. The number of hydrogen-bond acceptors (Lipinski definition) is 4. The summed E-state index contributed by atoms with van der Waals surface area (Å²) in [5.74, 6) is 0. The summed E-state index contributed by atoms with van der Waals surface area (Å²) >= 11 is 1.81. The van der Waals surface area contributed by atoms with E-state index < -0.39 is 0 Å². The molecule has 0 saturated carbocycles. The van der Waals surface area contributed by atoms with Crippen molar-refractivity contribution in [2.45, 2.75) is 32.6 Å². The monoisotopic (exact) mass is 253 g/mol. The first-order valence-electron chi connectivity index (χ1n) is 6.44. The van der Waals surface area contributed by atoms with Crippen molar-refractivity contribution in [2.24, 2.45) is 0 Å². The van der Waals surface area contributed by atoms with Crippen LogP contribution in [-0.4, -0.2) is 42.6 Å². The van der Waals surface area contributed by atoms with Gasteiger partial charge in [-0.05, 0) is 0 Å². The number of piperazine rings is 1. The maximum atomic E-state index is 4.74. The van der Waals surface area contributed by atoms with Crippen LogP contribution >= 0.6 is 11.3 Å². The van der Waals surface area contributed by atoms with E-state index in [1.54, 1.807) is 0 Å². The fraction of sp³-hybridized carbons (Fsp3) is 0.769. The second kappa shape index (κ2) is 5.46. The summed E-state index contributed by atoms with van der Waals surface area (Å²) in [5.41, 5.74) is 1.42. The summed E-state index contributed by atoms with van der Waals surface area (Å²) in [5, 5.41) is 6.88. The van der Waals surface area contributed by atoms with Crippen molar-refractivity contribution in [3.8, 4) is 0 Å². The second-order valence-electron chi connectivity index (χ2n) is 5.72. The van der Waals surface area contributed by atoms with E-state index >= 15 is 0 Å². The first-order valence-corrected chi connectivity index (χ1v) is 7.31. The van der Waals surface area contributed by atoms with Crippen LogP contribution in [0.4, 0.5) is 0 Å². The average Bonchev–Trinajstić information content (AvgIpc) is 2.76. The number of aromatic nitrogens is 1. The Kier molecular flexibility index (Phi) is 4.17. The molecule has 0 atom stereocenters. The van der Waals surface area contributed by atoms with Crippen molar-refractivity contribution in [3.63, 3.8) is 0 Å². The number of nitrogens with one attached hydrogen (secondary N) is 1. The molecule has 0 spiro atoms. The molecule has 1 fully saturated rings. The lowest BCUT2D eigenvalue weighted by atomic mass is 9.93. The van der Waals surface area contributed by atoms with Crippen LogP contribution in [0.1, 0.15) is 31.5 Å². The summed E-state index contributed by atoms with van der Waals surface area (Å²) < 4.78 is 0. The van der Waals surface area contributed by atoms with E-state index in [0.717, 1.165) is 26.1 Å². The molecule has 0 radical (unpaired) electrons. The molecule has 1 aliphatic heterocycles. The maximum absolute atomic E-state index is 4.74. The molecule has 0 unspecified atom stereocenters. The molecule has 1 aromatic rings. The minimum Gasteiger partial charge on any atom is -0.314 e. The zero-order chi connectivity index (χ0) is 12.3. The highest BCUT2D eigenvalue weighted by atomic mass is 32.1. The smallest absolute Gasteiger partial charge is 0.0941 e. The molecule has 1 aliphatic rings. The highest BCUT2D eigenvalue weighted by Gasteiger charge is 2.17. The van der Waals surface area contributed by atoms with Crippen molar-refractivity contribution < 1.29 is 0 Å². The van der Waals surface area contributed by atoms with Gasteiger partial charge in [0, 0.05) is 49.9 Å². The molecule has 0 aromatic carbocycles. The van der Waals surface area contributed by atoms with E-state index in [2.05, 4.69) is 36.4 Å². The van der Waals surface area contributed by atoms with E-state index in [9.17, 15) is 0 Å². The molecule has 3 nitrogen and oxygen atoms in total. The summed E-state index contributed by atoms with van der Waals surface area (Å²) in [6, 6.07) is 0. The van der Waals surface area contributed by atoms with E-state index in [-0.39, 0.29) is 5.41 Å². The van der Waals surface area contributed by atoms with Crippen LogP contribution in [0.3, 0.4) is 0 Å². The minimum absolute atomic E-state index is 0.184. The Hall–Kier alpha value is -0.450. The Morgan fingerprint density at radius 2 is 2.06 bits per heavy atom. The Bertz CT molecular complexity index is 348. The zero-order valence-electron chi connectivity index (χ0n) is 11.1. The molecule has 17 heavy (non-hydrogen) atoms. The molecule has 0 bridgehead atoms. The number of nitrogens with zero attached hydrogens (tertiary/aromatic N) is 2. The lowest BCUT2D eigenvalue weighted by Gasteiger charge is -2.26. The van der Waals surface area contributed by atoms with Gasteiger partial charge in [0.15, 0.2) is 0 Å². The van der Waals surface area contributed by atoms with E-state index in [4.69, 9.17) is 4.98 Å². The molecule has 2 heterocycles. The van der Waals surface area contributed by atoms with E-state index in [1.807, 2.05) is 11.3 Å². The number of thiazole rings is 1. The predicted octanol–water partition coefficient (Wildman–Crippen LogP) is 1.89. The van der Waals surface area contributed by atoms with Gasteiger partial charge in [0.25, 0.3) is 0 Å². The first kappa shape index (κ1) is 13.0. The van der Waals surface area contributed by atoms with Gasteiger partial charge in [-0.25, -0.2) is 4.98 Å². The van der Waals surface area contributed by atoms with Gasteiger partial charge in [0.05, 0.1) is 10.7 Å². The summed E-state index contributed by atoms with van der Waals surface area (Å²) in [6.07, 6.45) is 1.10. The van der Waals surface area contributed by atoms with Crippen LogP contribution < -0.4 is 5.32 Å². The summed E-state index contributed by atoms with van der Waals surface area (Å²) in [6.45, 7) is 12.4. The van der Waals surface area contributed by atoms with Crippen LogP contribution in [0.5, 0.6) is 0 Å². The third kappa shape index (κ3) is 3.76. The van der Waals surface area contributed by atoms with E-state index in [1.165, 1.54) is 23.8 Å².